The predicted octanol–water partition coefficient (Wildman–Crippen LogP) is 5.37. The maximum Gasteiger partial charge on any atom is 0.118 e. The van der Waals surface area contributed by atoms with Gasteiger partial charge in [-0.2, -0.15) is 0 Å². The van der Waals surface area contributed by atoms with Crippen molar-refractivity contribution in [3.05, 3.63) is 44.5 Å². The second kappa shape index (κ2) is 7.01. The zero-order chi connectivity index (χ0) is 13.7. The van der Waals surface area contributed by atoms with Gasteiger partial charge in [0.05, 0.1) is 5.69 Å². The van der Waals surface area contributed by atoms with Crippen LogP contribution in [0.5, 0.6) is 0 Å². The van der Waals surface area contributed by atoms with Crippen LogP contribution in [0.3, 0.4) is 0 Å². The summed E-state index contributed by atoms with van der Waals surface area (Å²) in [7, 11) is 0. The first-order chi connectivity index (χ1) is 9.19. The molecule has 0 amide bonds. The summed E-state index contributed by atoms with van der Waals surface area (Å²) in [5, 5.41) is 5.55. The number of thiazole rings is 1. The Kier molecular flexibility index (Phi) is 5.34. The zero-order valence-electron chi connectivity index (χ0n) is 11.7. The van der Waals surface area contributed by atoms with Crippen LogP contribution in [0, 0.1) is 0 Å². The number of rotatable bonds is 7. The van der Waals surface area contributed by atoms with E-state index in [1.165, 1.54) is 35.4 Å². The van der Waals surface area contributed by atoms with E-state index >= 15 is 0 Å². The number of hydrogen-bond acceptors (Lipinski definition) is 3. The quantitative estimate of drug-likeness (QED) is 0.668. The molecule has 2 rings (SSSR count). The highest BCUT2D eigenvalue weighted by atomic mass is 32.1. The van der Waals surface area contributed by atoms with Gasteiger partial charge in [0, 0.05) is 10.3 Å². The monoisotopic (exact) mass is 291 g/mol. The van der Waals surface area contributed by atoms with Gasteiger partial charge in [-0.1, -0.05) is 19.9 Å². The Hall–Kier alpha value is -0.930. The Bertz CT molecular complexity index is 536. The Labute approximate surface area is 124 Å². The molecule has 0 fully saturated rings. The third-order valence-corrected chi connectivity index (χ3v) is 5.17. The Balaban J connectivity index is 1.87. The van der Waals surface area contributed by atoms with Crippen molar-refractivity contribution in [1.29, 1.82) is 0 Å². The third kappa shape index (κ3) is 4.29. The van der Waals surface area contributed by atoms with Crippen molar-refractivity contribution >= 4 is 28.2 Å². The minimum Gasteiger partial charge on any atom is -0.241 e. The third-order valence-electron chi connectivity index (χ3n) is 3.07. The summed E-state index contributed by atoms with van der Waals surface area (Å²) >= 11 is 3.59. The van der Waals surface area contributed by atoms with Gasteiger partial charge < -0.3 is 0 Å². The summed E-state index contributed by atoms with van der Waals surface area (Å²) in [5.41, 5.74) is 3.77. The van der Waals surface area contributed by atoms with Gasteiger partial charge >= 0.3 is 0 Å². The van der Waals surface area contributed by atoms with Crippen LogP contribution in [0.4, 0.5) is 0 Å². The maximum absolute atomic E-state index is 4.60. The second-order valence-electron chi connectivity index (χ2n) is 4.95. The Morgan fingerprint density at radius 1 is 1.21 bits per heavy atom. The minimum absolute atomic E-state index is 1.04. The smallest absolute Gasteiger partial charge is 0.118 e. The lowest BCUT2D eigenvalue weighted by Gasteiger charge is -1.95. The van der Waals surface area contributed by atoms with Crippen molar-refractivity contribution in [3.63, 3.8) is 0 Å². The number of aryl methyl sites for hydroxylation is 3. The molecule has 0 aliphatic heterocycles. The molecule has 0 bridgehead atoms. The van der Waals surface area contributed by atoms with Crippen molar-refractivity contribution < 1.29 is 0 Å². The average Bonchev–Trinajstić information content (AvgIpc) is 3.03. The van der Waals surface area contributed by atoms with Gasteiger partial charge in [0.15, 0.2) is 0 Å². The summed E-state index contributed by atoms with van der Waals surface area (Å²) in [6, 6.07) is 2.37. The molecule has 0 N–H and O–H groups in total. The van der Waals surface area contributed by atoms with E-state index in [1.807, 2.05) is 18.3 Å². The van der Waals surface area contributed by atoms with Crippen LogP contribution in [-0.4, -0.2) is 4.98 Å². The molecular formula is C16H21NS2. The first-order valence-electron chi connectivity index (χ1n) is 6.85. The highest BCUT2D eigenvalue weighted by Gasteiger charge is 2.05. The van der Waals surface area contributed by atoms with E-state index in [2.05, 4.69) is 35.3 Å². The molecule has 2 heterocycles. The number of aromatic nitrogens is 1. The molecule has 2 aromatic rings. The van der Waals surface area contributed by atoms with E-state index in [0.717, 1.165) is 23.4 Å². The van der Waals surface area contributed by atoms with Gasteiger partial charge in [0.25, 0.3) is 0 Å². The van der Waals surface area contributed by atoms with Crippen LogP contribution < -0.4 is 0 Å². The highest BCUT2D eigenvalue weighted by Crippen LogP contribution is 2.21. The van der Waals surface area contributed by atoms with E-state index in [1.54, 1.807) is 11.3 Å². The van der Waals surface area contributed by atoms with Crippen LogP contribution in [0.15, 0.2) is 23.4 Å². The van der Waals surface area contributed by atoms with Crippen LogP contribution in [-0.2, 0) is 19.3 Å². The number of allylic oxidation sites excluding steroid dienone is 1. The highest BCUT2D eigenvalue weighted by molar-refractivity contribution is 7.10. The molecule has 0 unspecified atom stereocenters. The molecule has 0 aromatic carbocycles. The van der Waals surface area contributed by atoms with E-state index < -0.39 is 0 Å². The van der Waals surface area contributed by atoms with Crippen LogP contribution >= 0.6 is 22.7 Å². The molecule has 19 heavy (non-hydrogen) atoms. The number of thiophene rings is 1. The predicted molar refractivity (Wildman–Crippen MR) is 87.2 cm³/mol. The fourth-order valence-electron chi connectivity index (χ4n) is 1.94. The van der Waals surface area contributed by atoms with Crippen molar-refractivity contribution in [2.24, 2.45) is 0 Å². The standard InChI is InChI=1S/C16H21NS2/c1-4-5-6-13-9-15(18-10-13)8-7-14-11-19-16(17-14)12(2)3/h9-11H,2,4-8H2,1,3H3. The summed E-state index contributed by atoms with van der Waals surface area (Å²) in [4.78, 5) is 6.09. The van der Waals surface area contributed by atoms with Crippen LogP contribution in [0.25, 0.3) is 5.57 Å². The first kappa shape index (κ1) is 14.5. The molecule has 0 aliphatic carbocycles. The molecule has 102 valence electrons. The fraction of sp³-hybridized carbons (Fsp3) is 0.438. The molecule has 0 atom stereocenters. The fourth-order valence-corrected chi connectivity index (χ4v) is 3.66. The molecule has 0 spiro atoms. The van der Waals surface area contributed by atoms with E-state index in [4.69, 9.17) is 0 Å². The summed E-state index contributed by atoms with van der Waals surface area (Å²) in [5.74, 6) is 0. The van der Waals surface area contributed by atoms with Crippen molar-refractivity contribution in [2.75, 3.05) is 0 Å². The van der Waals surface area contributed by atoms with Gasteiger partial charge in [0.2, 0.25) is 0 Å². The van der Waals surface area contributed by atoms with E-state index in [-0.39, 0.29) is 0 Å². The number of nitrogens with zero attached hydrogens (tertiary/aromatic N) is 1. The van der Waals surface area contributed by atoms with Crippen molar-refractivity contribution in [1.82, 2.24) is 4.98 Å². The van der Waals surface area contributed by atoms with Crippen LogP contribution in [0.1, 0.15) is 47.8 Å². The second-order valence-corrected chi connectivity index (χ2v) is 6.80. The summed E-state index contributed by atoms with van der Waals surface area (Å²) < 4.78 is 0. The minimum atomic E-state index is 1.04. The number of hydrogen-bond donors (Lipinski definition) is 0. The lowest BCUT2D eigenvalue weighted by Crippen LogP contribution is -1.90. The number of unbranched alkanes of at least 4 members (excludes halogenated alkanes) is 1. The largest absolute Gasteiger partial charge is 0.241 e. The first-order valence-corrected chi connectivity index (χ1v) is 8.61. The van der Waals surface area contributed by atoms with Crippen molar-refractivity contribution in [2.45, 2.75) is 46.0 Å². The van der Waals surface area contributed by atoms with Gasteiger partial charge in [-0.25, -0.2) is 4.98 Å². The van der Waals surface area contributed by atoms with Crippen molar-refractivity contribution in [3.8, 4) is 0 Å². The lowest BCUT2D eigenvalue weighted by atomic mass is 10.1. The van der Waals surface area contributed by atoms with E-state index in [0.29, 0.717) is 0 Å². The SMILES string of the molecule is C=C(C)c1nc(CCc2cc(CCCC)cs2)cs1. The Morgan fingerprint density at radius 3 is 2.74 bits per heavy atom. The molecule has 1 nitrogen and oxygen atoms in total. The molecule has 3 heteroatoms. The van der Waals surface area contributed by atoms with Crippen LogP contribution in [0.2, 0.25) is 0 Å². The molecule has 0 saturated carbocycles. The molecule has 2 aromatic heterocycles. The molecule has 0 saturated heterocycles. The topological polar surface area (TPSA) is 12.9 Å². The van der Waals surface area contributed by atoms with Gasteiger partial charge in [-0.05, 0) is 55.2 Å². The van der Waals surface area contributed by atoms with E-state index in [9.17, 15) is 0 Å². The summed E-state index contributed by atoms with van der Waals surface area (Å²) in [6.45, 7) is 8.20. The molecular weight excluding hydrogens is 270 g/mol. The lowest BCUT2D eigenvalue weighted by molar-refractivity contribution is 0.796. The maximum atomic E-state index is 4.60. The van der Waals surface area contributed by atoms with Gasteiger partial charge in [-0.15, -0.1) is 22.7 Å². The molecule has 0 radical (unpaired) electrons. The normalized spacial score (nSPS) is 10.8. The Morgan fingerprint density at radius 2 is 2.05 bits per heavy atom. The average molecular weight is 291 g/mol. The summed E-state index contributed by atoms with van der Waals surface area (Å²) in [6.07, 6.45) is 5.94. The van der Waals surface area contributed by atoms with Gasteiger partial charge in [-0.3, -0.25) is 0 Å². The van der Waals surface area contributed by atoms with Gasteiger partial charge in [0.1, 0.15) is 5.01 Å². The zero-order valence-corrected chi connectivity index (χ0v) is 13.4. The molecule has 0 aliphatic rings.